The number of benzene rings is 2. The third-order valence-corrected chi connectivity index (χ3v) is 3.41. The molecule has 0 bridgehead atoms. The predicted molar refractivity (Wildman–Crippen MR) is 85.8 cm³/mol. The number of hydrogen-bond acceptors (Lipinski definition) is 3. The molecule has 23 heavy (non-hydrogen) atoms. The molecule has 2 aromatic rings. The third kappa shape index (κ3) is 4.04. The van der Waals surface area contributed by atoms with Gasteiger partial charge in [-0.15, -0.1) is 6.58 Å². The number of aryl methyl sites for hydroxylation is 2. The summed E-state index contributed by atoms with van der Waals surface area (Å²) in [4.78, 5) is 12.1. The molecular weight excluding hydrogens is 293 g/mol. The van der Waals surface area contributed by atoms with E-state index in [9.17, 15) is 9.18 Å². The third-order valence-electron chi connectivity index (χ3n) is 3.41. The second kappa shape index (κ2) is 7.37. The lowest BCUT2D eigenvalue weighted by molar-refractivity contribution is 0.0734. The number of carbonyl (C=O) groups excluding carboxylic acids is 1. The van der Waals surface area contributed by atoms with Gasteiger partial charge in [-0.25, -0.2) is 9.18 Å². The van der Waals surface area contributed by atoms with Gasteiger partial charge in [-0.2, -0.15) is 5.26 Å². The molecule has 0 amide bonds. The molecule has 0 unspecified atom stereocenters. The molecule has 3 nitrogen and oxygen atoms in total. The standard InChI is InChI=1S/C19H16FNO2/c1-3-4-5-14-6-8-15(9-7-14)19(22)23-16-10-13(2)17(12-21)18(20)11-16/h3,6-11H,1,4-5H2,2H3. The van der Waals surface area contributed by atoms with Crippen LogP contribution in [0.15, 0.2) is 49.1 Å². The van der Waals surface area contributed by atoms with E-state index < -0.39 is 11.8 Å². The fourth-order valence-electron chi connectivity index (χ4n) is 2.16. The highest BCUT2D eigenvalue weighted by Crippen LogP contribution is 2.21. The quantitative estimate of drug-likeness (QED) is 0.469. The van der Waals surface area contributed by atoms with Gasteiger partial charge in [0.1, 0.15) is 17.6 Å². The highest BCUT2D eigenvalue weighted by molar-refractivity contribution is 5.91. The number of esters is 1. The van der Waals surface area contributed by atoms with Gasteiger partial charge >= 0.3 is 5.97 Å². The Kier molecular flexibility index (Phi) is 5.27. The van der Waals surface area contributed by atoms with Crippen molar-refractivity contribution < 1.29 is 13.9 Å². The summed E-state index contributed by atoms with van der Waals surface area (Å²) in [6, 6.07) is 11.3. The van der Waals surface area contributed by atoms with E-state index in [0.717, 1.165) is 24.5 Å². The van der Waals surface area contributed by atoms with E-state index in [-0.39, 0.29) is 11.3 Å². The number of halogens is 1. The molecule has 0 N–H and O–H groups in total. The first-order valence-corrected chi connectivity index (χ1v) is 7.17. The zero-order valence-electron chi connectivity index (χ0n) is 12.8. The molecule has 0 saturated heterocycles. The first kappa shape index (κ1) is 16.4. The Morgan fingerprint density at radius 3 is 2.61 bits per heavy atom. The van der Waals surface area contributed by atoms with Crippen LogP contribution in [-0.2, 0) is 6.42 Å². The first-order valence-electron chi connectivity index (χ1n) is 7.17. The topological polar surface area (TPSA) is 50.1 Å². The molecule has 0 radical (unpaired) electrons. The molecule has 0 spiro atoms. The highest BCUT2D eigenvalue weighted by atomic mass is 19.1. The average Bonchev–Trinajstić information content (AvgIpc) is 2.53. The summed E-state index contributed by atoms with van der Waals surface area (Å²) in [6.07, 6.45) is 3.57. The van der Waals surface area contributed by atoms with Gasteiger partial charge in [0.05, 0.1) is 11.1 Å². The number of nitrogens with zero attached hydrogens (tertiary/aromatic N) is 1. The average molecular weight is 309 g/mol. The largest absolute Gasteiger partial charge is 0.423 e. The first-order chi connectivity index (χ1) is 11.0. The summed E-state index contributed by atoms with van der Waals surface area (Å²) >= 11 is 0. The van der Waals surface area contributed by atoms with Crippen LogP contribution < -0.4 is 4.74 Å². The van der Waals surface area contributed by atoms with Crippen molar-refractivity contribution in [1.29, 1.82) is 5.26 Å². The number of hydrogen-bond donors (Lipinski definition) is 0. The second-order valence-corrected chi connectivity index (χ2v) is 5.12. The Balaban J connectivity index is 2.13. The zero-order chi connectivity index (χ0) is 16.8. The minimum absolute atomic E-state index is 0.0450. The van der Waals surface area contributed by atoms with Crippen molar-refractivity contribution >= 4 is 5.97 Å². The Morgan fingerprint density at radius 1 is 1.35 bits per heavy atom. The Labute approximate surface area is 134 Å². The number of allylic oxidation sites excluding steroid dienone is 1. The van der Waals surface area contributed by atoms with Gasteiger partial charge in [-0.1, -0.05) is 18.2 Å². The van der Waals surface area contributed by atoms with Gasteiger partial charge in [0.25, 0.3) is 0 Å². The normalized spacial score (nSPS) is 9.96. The van der Waals surface area contributed by atoms with E-state index >= 15 is 0 Å². The summed E-state index contributed by atoms with van der Waals surface area (Å²) in [5.74, 6) is -1.18. The molecule has 0 saturated carbocycles. The van der Waals surface area contributed by atoms with Crippen molar-refractivity contribution in [3.8, 4) is 11.8 Å². The highest BCUT2D eigenvalue weighted by Gasteiger charge is 2.13. The molecule has 0 aromatic heterocycles. The van der Waals surface area contributed by atoms with Crippen LogP contribution in [0.4, 0.5) is 4.39 Å². The van der Waals surface area contributed by atoms with Gasteiger partial charge < -0.3 is 4.74 Å². The van der Waals surface area contributed by atoms with Crippen molar-refractivity contribution in [2.75, 3.05) is 0 Å². The molecule has 0 heterocycles. The van der Waals surface area contributed by atoms with Crippen LogP contribution in [0.2, 0.25) is 0 Å². The Bertz CT molecular complexity index is 750. The molecule has 2 aromatic carbocycles. The van der Waals surface area contributed by atoms with Gasteiger partial charge in [-0.05, 0) is 49.1 Å². The maximum atomic E-state index is 13.7. The zero-order valence-corrected chi connectivity index (χ0v) is 12.8. The van der Waals surface area contributed by atoms with E-state index in [1.54, 1.807) is 25.1 Å². The van der Waals surface area contributed by atoms with E-state index in [1.165, 1.54) is 6.07 Å². The molecule has 0 atom stereocenters. The van der Waals surface area contributed by atoms with Gasteiger partial charge in [-0.3, -0.25) is 0 Å². The number of ether oxygens (including phenoxy) is 1. The fraction of sp³-hybridized carbons (Fsp3) is 0.158. The predicted octanol–water partition coefficient (Wildman–Crippen LogP) is 4.34. The minimum Gasteiger partial charge on any atom is -0.423 e. The molecule has 0 aliphatic heterocycles. The summed E-state index contributed by atoms with van der Waals surface area (Å²) in [7, 11) is 0. The molecule has 2 rings (SSSR count). The van der Waals surface area contributed by atoms with Crippen LogP contribution in [-0.4, -0.2) is 5.97 Å². The molecular formula is C19H16FNO2. The van der Waals surface area contributed by atoms with Crippen molar-refractivity contribution in [2.45, 2.75) is 19.8 Å². The second-order valence-electron chi connectivity index (χ2n) is 5.12. The van der Waals surface area contributed by atoms with Crippen LogP contribution in [0.25, 0.3) is 0 Å². The summed E-state index contributed by atoms with van der Waals surface area (Å²) in [5, 5.41) is 8.83. The van der Waals surface area contributed by atoms with Crippen molar-refractivity contribution in [2.24, 2.45) is 0 Å². The van der Waals surface area contributed by atoms with Gasteiger partial charge in [0.2, 0.25) is 0 Å². The van der Waals surface area contributed by atoms with Gasteiger partial charge in [0.15, 0.2) is 0 Å². The Morgan fingerprint density at radius 2 is 2.04 bits per heavy atom. The van der Waals surface area contributed by atoms with E-state index in [4.69, 9.17) is 10.00 Å². The van der Waals surface area contributed by atoms with Gasteiger partial charge in [0, 0.05) is 6.07 Å². The van der Waals surface area contributed by atoms with Crippen molar-refractivity contribution in [3.63, 3.8) is 0 Å². The van der Waals surface area contributed by atoms with E-state index in [1.807, 2.05) is 18.2 Å². The SMILES string of the molecule is C=CCCc1ccc(C(=O)Oc2cc(C)c(C#N)c(F)c2)cc1. The monoisotopic (exact) mass is 309 g/mol. The minimum atomic E-state index is -0.699. The number of nitriles is 1. The van der Waals surface area contributed by atoms with Crippen LogP contribution in [0.1, 0.15) is 33.5 Å². The van der Waals surface area contributed by atoms with Crippen LogP contribution >= 0.6 is 0 Å². The number of carbonyl (C=O) groups is 1. The molecule has 4 heteroatoms. The van der Waals surface area contributed by atoms with Crippen LogP contribution in [0.3, 0.4) is 0 Å². The Hall–Kier alpha value is -2.93. The smallest absolute Gasteiger partial charge is 0.343 e. The molecule has 116 valence electrons. The van der Waals surface area contributed by atoms with Crippen LogP contribution in [0.5, 0.6) is 5.75 Å². The van der Waals surface area contributed by atoms with E-state index in [2.05, 4.69) is 6.58 Å². The molecule has 0 aliphatic rings. The van der Waals surface area contributed by atoms with Crippen LogP contribution in [0, 0.1) is 24.1 Å². The molecule has 0 aliphatic carbocycles. The maximum absolute atomic E-state index is 13.7. The summed E-state index contributed by atoms with van der Waals surface area (Å²) in [5.41, 5.74) is 1.86. The van der Waals surface area contributed by atoms with E-state index in [0.29, 0.717) is 11.1 Å². The molecule has 0 fully saturated rings. The van der Waals surface area contributed by atoms with Crippen molar-refractivity contribution in [3.05, 3.63) is 77.1 Å². The fourth-order valence-corrected chi connectivity index (χ4v) is 2.16. The lowest BCUT2D eigenvalue weighted by Crippen LogP contribution is -2.09. The van der Waals surface area contributed by atoms with Crippen molar-refractivity contribution in [1.82, 2.24) is 0 Å². The summed E-state index contributed by atoms with van der Waals surface area (Å²) < 4.78 is 18.9. The summed E-state index contributed by atoms with van der Waals surface area (Å²) in [6.45, 7) is 5.26. The lowest BCUT2D eigenvalue weighted by atomic mass is 10.1. The number of rotatable bonds is 5. The lowest BCUT2D eigenvalue weighted by Gasteiger charge is -2.07. The maximum Gasteiger partial charge on any atom is 0.343 e.